The largest absolute Gasteiger partial charge is 0.381 e. The van der Waals surface area contributed by atoms with Gasteiger partial charge in [-0.25, -0.2) is 8.42 Å². The molecule has 0 radical (unpaired) electrons. The van der Waals surface area contributed by atoms with Crippen molar-refractivity contribution in [2.45, 2.75) is 13.5 Å². The second kappa shape index (κ2) is 8.90. The van der Waals surface area contributed by atoms with E-state index < -0.39 is 10.0 Å². The molecule has 2 aromatic carbocycles. The van der Waals surface area contributed by atoms with Crippen LogP contribution < -0.4 is 10.0 Å². The number of aromatic nitrogens is 2. The molecule has 29 heavy (non-hydrogen) atoms. The molecule has 0 aliphatic carbocycles. The summed E-state index contributed by atoms with van der Waals surface area (Å²) < 4.78 is 25.0. The number of sulfonamides is 1. The van der Waals surface area contributed by atoms with Crippen molar-refractivity contribution < 1.29 is 8.42 Å². The molecule has 9 heteroatoms. The second-order valence-corrected chi connectivity index (χ2v) is 8.40. The summed E-state index contributed by atoms with van der Waals surface area (Å²) >= 11 is 0. The molecule has 2 heterocycles. The van der Waals surface area contributed by atoms with E-state index in [0.717, 1.165) is 45.0 Å². The van der Waals surface area contributed by atoms with E-state index in [9.17, 15) is 8.42 Å². The van der Waals surface area contributed by atoms with Crippen LogP contribution in [0.5, 0.6) is 0 Å². The lowest BCUT2D eigenvalue weighted by Gasteiger charge is -2.09. The zero-order valence-electron chi connectivity index (χ0n) is 15.9. The van der Waals surface area contributed by atoms with Crippen molar-refractivity contribution >= 4 is 68.0 Å². The molecule has 0 spiro atoms. The first kappa shape index (κ1) is 22.8. The Balaban J connectivity index is 0.00000150. The van der Waals surface area contributed by atoms with Crippen LogP contribution in [-0.4, -0.2) is 24.6 Å². The van der Waals surface area contributed by atoms with E-state index in [1.165, 1.54) is 0 Å². The summed E-state index contributed by atoms with van der Waals surface area (Å²) in [6.07, 6.45) is 3.03. The Morgan fingerprint density at radius 3 is 2.34 bits per heavy atom. The van der Waals surface area contributed by atoms with Gasteiger partial charge in [0.15, 0.2) is 0 Å². The van der Waals surface area contributed by atoms with Gasteiger partial charge in [0.2, 0.25) is 10.0 Å². The number of hydrogen-bond donors (Lipinski definition) is 3. The molecule has 4 rings (SSSR count). The normalized spacial score (nSPS) is 11.0. The number of nitrogens with one attached hydrogen (secondary N) is 3. The van der Waals surface area contributed by atoms with Crippen LogP contribution in [0.25, 0.3) is 21.8 Å². The van der Waals surface area contributed by atoms with Crippen molar-refractivity contribution in [3.8, 4) is 0 Å². The lowest BCUT2D eigenvalue weighted by atomic mass is 10.1. The zero-order valence-corrected chi connectivity index (χ0v) is 18.3. The molecule has 0 saturated carbocycles. The summed E-state index contributed by atoms with van der Waals surface area (Å²) in [4.78, 5) is 7.92. The molecule has 2 aromatic heterocycles. The molecule has 0 atom stereocenters. The maximum Gasteiger partial charge on any atom is 0.229 e. The fourth-order valence-corrected chi connectivity index (χ4v) is 3.78. The number of halogens is 2. The number of anilines is 2. The SMILES string of the molecule is Cc1ccc2c(ccc3ncc(CNc4ccc(NS(C)(=O)=O)cc4)c32)[nH]1.Cl.Cl. The van der Waals surface area contributed by atoms with Crippen molar-refractivity contribution in [1.82, 2.24) is 9.97 Å². The topological polar surface area (TPSA) is 86.9 Å². The summed E-state index contributed by atoms with van der Waals surface area (Å²) in [6, 6.07) is 15.4. The number of rotatable bonds is 5. The van der Waals surface area contributed by atoms with E-state index in [1.54, 1.807) is 12.1 Å². The molecule has 0 aliphatic heterocycles. The Labute approximate surface area is 182 Å². The van der Waals surface area contributed by atoms with Gasteiger partial charge in [0, 0.05) is 46.1 Å². The van der Waals surface area contributed by atoms with Gasteiger partial charge in [-0.3, -0.25) is 9.71 Å². The predicted octanol–water partition coefficient (Wildman–Crippen LogP) is 4.85. The van der Waals surface area contributed by atoms with Gasteiger partial charge < -0.3 is 10.3 Å². The molecule has 0 amide bonds. The smallest absolute Gasteiger partial charge is 0.229 e. The molecule has 4 aromatic rings. The average molecular weight is 453 g/mol. The Kier molecular flexibility index (Phi) is 7.00. The zero-order chi connectivity index (χ0) is 19.0. The lowest BCUT2D eigenvalue weighted by Crippen LogP contribution is -2.09. The summed E-state index contributed by atoms with van der Waals surface area (Å²) in [5.41, 5.74) is 5.75. The van der Waals surface area contributed by atoms with Gasteiger partial charge in [-0.1, -0.05) is 6.07 Å². The number of aromatic amines is 1. The quantitative estimate of drug-likeness (QED) is 0.403. The van der Waals surface area contributed by atoms with Gasteiger partial charge in [0.05, 0.1) is 11.8 Å². The molecule has 0 unspecified atom stereocenters. The highest BCUT2D eigenvalue weighted by molar-refractivity contribution is 7.92. The Bertz CT molecular complexity index is 1240. The first-order valence-corrected chi connectivity index (χ1v) is 10.5. The van der Waals surface area contributed by atoms with Gasteiger partial charge >= 0.3 is 0 Å². The van der Waals surface area contributed by atoms with Crippen LogP contribution in [0.2, 0.25) is 0 Å². The van der Waals surface area contributed by atoms with Crippen molar-refractivity contribution in [3.63, 3.8) is 0 Å². The Morgan fingerprint density at radius 2 is 1.66 bits per heavy atom. The van der Waals surface area contributed by atoms with Gasteiger partial charge in [0.25, 0.3) is 0 Å². The van der Waals surface area contributed by atoms with E-state index in [2.05, 4.69) is 38.2 Å². The number of benzene rings is 2. The van der Waals surface area contributed by atoms with Crippen LogP contribution in [0.1, 0.15) is 11.3 Å². The fraction of sp³-hybridized carbons (Fsp3) is 0.150. The summed E-state index contributed by atoms with van der Waals surface area (Å²) in [5, 5.41) is 5.68. The fourth-order valence-electron chi connectivity index (χ4n) is 3.21. The summed E-state index contributed by atoms with van der Waals surface area (Å²) in [7, 11) is -3.27. The minimum Gasteiger partial charge on any atom is -0.381 e. The third-order valence-corrected chi connectivity index (χ3v) is 5.01. The van der Waals surface area contributed by atoms with Crippen molar-refractivity contribution in [3.05, 3.63) is 66.0 Å². The molecular weight excluding hydrogens is 431 g/mol. The predicted molar refractivity (Wildman–Crippen MR) is 125 cm³/mol. The van der Waals surface area contributed by atoms with Crippen LogP contribution >= 0.6 is 24.8 Å². The van der Waals surface area contributed by atoms with Crippen LogP contribution in [0, 0.1) is 6.92 Å². The molecule has 0 bridgehead atoms. The third-order valence-electron chi connectivity index (χ3n) is 4.41. The standard InChI is InChI=1S/C20H20N4O2S.2ClH/c1-13-3-8-17-18(23-13)9-10-19-20(17)14(12-22-19)11-21-15-4-6-16(7-5-15)24-27(2,25)26;;/h3-10,12,21,23-24H,11H2,1-2H3;2*1H. The first-order valence-electron chi connectivity index (χ1n) is 8.57. The van der Waals surface area contributed by atoms with Gasteiger partial charge in [-0.05, 0) is 55.0 Å². The van der Waals surface area contributed by atoms with Crippen molar-refractivity contribution in [2.75, 3.05) is 16.3 Å². The molecular formula is C20H22Cl2N4O2S. The van der Waals surface area contributed by atoms with Crippen LogP contribution in [0.3, 0.4) is 0 Å². The van der Waals surface area contributed by atoms with Crippen LogP contribution in [-0.2, 0) is 16.6 Å². The number of nitrogens with zero attached hydrogens (tertiary/aromatic N) is 1. The Morgan fingerprint density at radius 1 is 0.966 bits per heavy atom. The first-order chi connectivity index (χ1) is 12.9. The number of pyridine rings is 1. The third kappa shape index (κ3) is 5.12. The molecule has 154 valence electrons. The highest BCUT2D eigenvalue weighted by Crippen LogP contribution is 2.28. The number of aryl methyl sites for hydroxylation is 1. The van der Waals surface area contributed by atoms with Crippen LogP contribution in [0.15, 0.2) is 54.7 Å². The number of H-pyrrole nitrogens is 1. The van der Waals surface area contributed by atoms with Gasteiger partial charge in [0.1, 0.15) is 0 Å². The molecule has 0 fully saturated rings. The monoisotopic (exact) mass is 452 g/mol. The average Bonchev–Trinajstić information content (AvgIpc) is 3.03. The van der Waals surface area contributed by atoms with E-state index >= 15 is 0 Å². The van der Waals surface area contributed by atoms with Crippen molar-refractivity contribution in [2.24, 2.45) is 0 Å². The van der Waals surface area contributed by atoms with E-state index in [1.807, 2.05) is 31.3 Å². The summed E-state index contributed by atoms with van der Waals surface area (Å²) in [5.74, 6) is 0. The number of fused-ring (bicyclic) bond motifs is 3. The van der Waals surface area contributed by atoms with E-state index in [-0.39, 0.29) is 24.8 Å². The van der Waals surface area contributed by atoms with Gasteiger partial charge in [-0.15, -0.1) is 24.8 Å². The minimum absolute atomic E-state index is 0. The van der Waals surface area contributed by atoms with Gasteiger partial charge in [-0.2, -0.15) is 0 Å². The molecule has 3 N–H and O–H groups in total. The maximum absolute atomic E-state index is 11.3. The highest BCUT2D eigenvalue weighted by Gasteiger charge is 2.09. The molecule has 0 saturated heterocycles. The molecule has 6 nitrogen and oxygen atoms in total. The van der Waals surface area contributed by atoms with E-state index in [4.69, 9.17) is 0 Å². The molecule has 0 aliphatic rings. The summed E-state index contributed by atoms with van der Waals surface area (Å²) in [6.45, 7) is 2.67. The highest BCUT2D eigenvalue weighted by atomic mass is 35.5. The maximum atomic E-state index is 11.3. The van der Waals surface area contributed by atoms with Crippen molar-refractivity contribution in [1.29, 1.82) is 0 Å². The van der Waals surface area contributed by atoms with Crippen LogP contribution in [0.4, 0.5) is 11.4 Å². The minimum atomic E-state index is -3.27. The second-order valence-electron chi connectivity index (χ2n) is 6.65. The number of hydrogen-bond acceptors (Lipinski definition) is 4. The van der Waals surface area contributed by atoms with E-state index in [0.29, 0.717) is 12.2 Å². The lowest BCUT2D eigenvalue weighted by molar-refractivity contribution is 0.607. The Hall–Kier alpha value is -2.48.